The van der Waals surface area contributed by atoms with Gasteiger partial charge in [-0.05, 0) is 37.5 Å². The van der Waals surface area contributed by atoms with Gasteiger partial charge in [-0.15, -0.1) is 0 Å². The maximum Gasteiger partial charge on any atom is 0.224 e. The molecule has 1 aromatic rings. The molecule has 0 bridgehead atoms. The third kappa shape index (κ3) is 4.11. The molecule has 0 aromatic heterocycles. The molecule has 1 amide bonds. The van der Waals surface area contributed by atoms with Gasteiger partial charge in [0.1, 0.15) is 11.5 Å². The lowest BCUT2D eigenvalue weighted by Crippen LogP contribution is -2.32. The van der Waals surface area contributed by atoms with E-state index in [0.29, 0.717) is 12.3 Å². The molecule has 21 heavy (non-hydrogen) atoms. The van der Waals surface area contributed by atoms with Crippen LogP contribution in [0, 0.1) is 6.92 Å². The SMILES string of the molecule is COc1cc(CC(=O)NCC2CCCO2)c(OC)cc1C. The van der Waals surface area contributed by atoms with Crippen molar-refractivity contribution in [2.45, 2.75) is 32.3 Å². The number of benzene rings is 1. The Kier molecular flexibility index (Phi) is 5.44. The first-order valence-electron chi connectivity index (χ1n) is 7.24. The Labute approximate surface area is 125 Å². The van der Waals surface area contributed by atoms with E-state index in [0.717, 1.165) is 36.3 Å². The second-order valence-electron chi connectivity index (χ2n) is 5.25. The minimum Gasteiger partial charge on any atom is -0.496 e. The van der Waals surface area contributed by atoms with Gasteiger partial charge in [0.15, 0.2) is 0 Å². The van der Waals surface area contributed by atoms with Gasteiger partial charge in [0.05, 0.1) is 26.7 Å². The largest absolute Gasteiger partial charge is 0.496 e. The number of carbonyl (C=O) groups excluding carboxylic acids is 1. The topological polar surface area (TPSA) is 56.8 Å². The normalized spacial score (nSPS) is 17.6. The van der Waals surface area contributed by atoms with Gasteiger partial charge >= 0.3 is 0 Å². The fourth-order valence-corrected chi connectivity index (χ4v) is 2.52. The summed E-state index contributed by atoms with van der Waals surface area (Å²) in [7, 11) is 3.23. The quantitative estimate of drug-likeness (QED) is 0.869. The van der Waals surface area contributed by atoms with Gasteiger partial charge in [-0.2, -0.15) is 0 Å². The van der Waals surface area contributed by atoms with Gasteiger partial charge < -0.3 is 19.5 Å². The molecule has 0 radical (unpaired) electrons. The van der Waals surface area contributed by atoms with Crippen molar-refractivity contribution in [2.24, 2.45) is 0 Å². The molecular weight excluding hydrogens is 270 g/mol. The average molecular weight is 293 g/mol. The average Bonchev–Trinajstić information content (AvgIpc) is 2.99. The molecule has 116 valence electrons. The monoisotopic (exact) mass is 293 g/mol. The molecular formula is C16H23NO4. The molecule has 1 aromatic carbocycles. The maximum atomic E-state index is 12.1. The second kappa shape index (κ2) is 7.31. The standard InChI is InChI=1S/C16H23NO4/c1-11-7-15(20-3)12(8-14(11)19-2)9-16(18)17-10-13-5-4-6-21-13/h7-8,13H,4-6,9-10H2,1-3H3,(H,17,18). The first kappa shape index (κ1) is 15.6. The number of ether oxygens (including phenoxy) is 3. The summed E-state index contributed by atoms with van der Waals surface area (Å²) in [5.41, 5.74) is 1.81. The van der Waals surface area contributed by atoms with Crippen LogP contribution in [0.15, 0.2) is 12.1 Å². The number of nitrogens with one attached hydrogen (secondary N) is 1. The van der Waals surface area contributed by atoms with E-state index in [2.05, 4.69) is 5.32 Å². The Hall–Kier alpha value is -1.75. The number of rotatable bonds is 6. The maximum absolute atomic E-state index is 12.1. The van der Waals surface area contributed by atoms with E-state index in [1.54, 1.807) is 14.2 Å². The number of aryl methyl sites for hydroxylation is 1. The summed E-state index contributed by atoms with van der Waals surface area (Å²) in [6.45, 7) is 3.32. The minimum absolute atomic E-state index is 0.0327. The van der Waals surface area contributed by atoms with Gasteiger partial charge in [0.25, 0.3) is 0 Å². The Bertz CT molecular complexity index is 495. The molecule has 1 saturated heterocycles. The Morgan fingerprint density at radius 2 is 2.10 bits per heavy atom. The van der Waals surface area contributed by atoms with Crippen molar-refractivity contribution >= 4 is 5.91 Å². The van der Waals surface area contributed by atoms with Crippen molar-refractivity contribution in [1.82, 2.24) is 5.32 Å². The first-order valence-corrected chi connectivity index (χ1v) is 7.24. The lowest BCUT2D eigenvalue weighted by atomic mass is 10.1. The van der Waals surface area contributed by atoms with Crippen molar-refractivity contribution in [3.8, 4) is 11.5 Å². The second-order valence-corrected chi connectivity index (χ2v) is 5.25. The van der Waals surface area contributed by atoms with Gasteiger partial charge in [0.2, 0.25) is 5.91 Å². The van der Waals surface area contributed by atoms with E-state index in [1.165, 1.54) is 0 Å². The van der Waals surface area contributed by atoms with Crippen LogP contribution in [0.25, 0.3) is 0 Å². The Morgan fingerprint density at radius 1 is 1.33 bits per heavy atom. The van der Waals surface area contributed by atoms with Crippen LogP contribution in [-0.2, 0) is 16.0 Å². The van der Waals surface area contributed by atoms with Crippen LogP contribution in [0.4, 0.5) is 0 Å². The highest BCUT2D eigenvalue weighted by molar-refractivity contribution is 5.79. The highest BCUT2D eigenvalue weighted by Crippen LogP contribution is 2.28. The lowest BCUT2D eigenvalue weighted by molar-refractivity contribution is -0.120. The summed E-state index contributed by atoms with van der Waals surface area (Å²) in [5.74, 6) is 1.44. The highest BCUT2D eigenvalue weighted by Gasteiger charge is 2.17. The molecule has 1 fully saturated rings. The molecule has 0 spiro atoms. The van der Waals surface area contributed by atoms with Gasteiger partial charge in [-0.3, -0.25) is 4.79 Å². The Morgan fingerprint density at radius 3 is 2.71 bits per heavy atom. The first-order chi connectivity index (χ1) is 10.1. The van der Waals surface area contributed by atoms with Crippen LogP contribution in [0.3, 0.4) is 0 Å². The molecule has 1 heterocycles. The van der Waals surface area contributed by atoms with Crippen LogP contribution in [0.5, 0.6) is 11.5 Å². The van der Waals surface area contributed by atoms with Crippen LogP contribution in [0.1, 0.15) is 24.0 Å². The molecule has 2 rings (SSSR count). The predicted molar refractivity (Wildman–Crippen MR) is 80.0 cm³/mol. The third-order valence-corrected chi connectivity index (χ3v) is 3.70. The van der Waals surface area contributed by atoms with Gasteiger partial charge in [-0.1, -0.05) is 0 Å². The fraction of sp³-hybridized carbons (Fsp3) is 0.562. The third-order valence-electron chi connectivity index (χ3n) is 3.70. The zero-order valence-electron chi connectivity index (χ0n) is 12.9. The van der Waals surface area contributed by atoms with Gasteiger partial charge in [-0.25, -0.2) is 0 Å². The number of hydrogen-bond acceptors (Lipinski definition) is 4. The van der Waals surface area contributed by atoms with E-state index < -0.39 is 0 Å². The summed E-state index contributed by atoms with van der Waals surface area (Å²) in [4.78, 5) is 12.1. The molecule has 1 aliphatic rings. The summed E-state index contributed by atoms with van der Waals surface area (Å²) < 4.78 is 16.1. The molecule has 5 heteroatoms. The summed E-state index contributed by atoms with van der Waals surface area (Å²) in [6, 6.07) is 3.75. The van der Waals surface area contributed by atoms with Crippen molar-refractivity contribution in [3.05, 3.63) is 23.3 Å². The van der Waals surface area contributed by atoms with E-state index >= 15 is 0 Å². The van der Waals surface area contributed by atoms with Crippen LogP contribution >= 0.6 is 0 Å². The molecule has 1 N–H and O–H groups in total. The molecule has 0 aliphatic carbocycles. The number of methoxy groups -OCH3 is 2. The molecule has 1 unspecified atom stereocenters. The van der Waals surface area contributed by atoms with Crippen molar-refractivity contribution in [1.29, 1.82) is 0 Å². The number of amides is 1. The van der Waals surface area contributed by atoms with Crippen LogP contribution in [-0.4, -0.2) is 39.4 Å². The van der Waals surface area contributed by atoms with Gasteiger partial charge in [0, 0.05) is 18.7 Å². The van der Waals surface area contributed by atoms with Crippen LogP contribution < -0.4 is 14.8 Å². The zero-order chi connectivity index (χ0) is 15.2. The highest BCUT2D eigenvalue weighted by atomic mass is 16.5. The lowest BCUT2D eigenvalue weighted by Gasteiger charge is -2.14. The fourth-order valence-electron chi connectivity index (χ4n) is 2.52. The van der Waals surface area contributed by atoms with E-state index in [4.69, 9.17) is 14.2 Å². The molecule has 1 atom stereocenters. The van der Waals surface area contributed by atoms with Crippen molar-refractivity contribution < 1.29 is 19.0 Å². The zero-order valence-corrected chi connectivity index (χ0v) is 12.9. The smallest absolute Gasteiger partial charge is 0.224 e. The summed E-state index contributed by atoms with van der Waals surface area (Å²) in [6.07, 6.45) is 2.52. The van der Waals surface area contributed by atoms with Crippen molar-refractivity contribution in [3.63, 3.8) is 0 Å². The van der Waals surface area contributed by atoms with Crippen LogP contribution in [0.2, 0.25) is 0 Å². The van der Waals surface area contributed by atoms with Crippen molar-refractivity contribution in [2.75, 3.05) is 27.4 Å². The van der Waals surface area contributed by atoms with E-state index in [-0.39, 0.29) is 18.4 Å². The van der Waals surface area contributed by atoms with E-state index in [9.17, 15) is 4.79 Å². The molecule has 0 saturated carbocycles. The molecule has 1 aliphatic heterocycles. The minimum atomic E-state index is -0.0327. The molecule has 5 nitrogen and oxygen atoms in total. The number of hydrogen-bond donors (Lipinski definition) is 1. The summed E-state index contributed by atoms with van der Waals surface area (Å²) in [5, 5.41) is 2.92. The summed E-state index contributed by atoms with van der Waals surface area (Å²) >= 11 is 0. The predicted octanol–water partition coefficient (Wildman–Crippen LogP) is 1.85. The van der Waals surface area contributed by atoms with E-state index in [1.807, 2.05) is 19.1 Å². The Balaban J connectivity index is 1.98. The number of carbonyl (C=O) groups is 1.